The van der Waals surface area contributed by atoms with Gasteiger partial charge in [0.05, 0.1) is 19.0 Å². The minimum Gasteiger partial charge on any atom is -0.378 e. The smallest absolute Gasteiger partial charge is 0.234 e. The molecule has 1 aliphatic rings. The van der Waals surface area contributed by atoms with Crippen LogP contribution in [0.15, 0.2) is 35.2 Å². The SMILES string of the molecule is Cc1cc(C)c(C)c(SCC(=O)Nc2ccc(N3CCOCC3)cc2)c1C. The number of carbonyl (C=O) groups excluding carboxylic acids is 1. The fourth-order valence-electron chi connectivity index (χ4n) is 3.31. The van der Waals surface area contributed by atoms with Gasteiger partial charge in [-0.2, -0.15) is 0 Å². The summed E-state index contributed by atoms with van der Waals surface area (Å²) in [6, 6.07) is 10.3. The van der Waals surface area contributed by atoms with Gasteiger partial charge in [-0.3, -0.25) is 4.79 Å². The number of rotatable bonds is 5. The fraction of sp³-hybridized carbons (Fsp3) is 0.409. The lowest BCUT2D eigenvalue weighted by atomic mass is 10.0. The molecular formula is C22H28N2O2S. The number of amides is 1. The largest absolute Gasteiger partial charge is 0.378 e. The van der Waals surface area contributed by atoms with Crippen molar-refractivity contribution in [2.45, 2.75) is 32.6 Å². The molecule has 2 aromatic rings. The molecule has 4 nitrogen and oxygen atoms in total. The highest BCUT2D eigenvalue weighted by Gasteiger charge is 2.13. The monoisotopic (exact) mass is 384 g/mol. The predicted molar refractivity (Wildman–Crippen MR) is 114 cm³/mol. The number of aryl methyl sites for hydroxylation is 2. The number of hydrogen-bond acceptors (Lipinski definition) is 4. The van der Waals surface area contributed by atoms with Crippen molar-refractivity contribution in [2.75, 3.05) is 42.3 Å². The number of hydrogen-bond donors (Lipinski definition) is 1. The van der Waals surface area contributed by atoms with E-state index in [0.29, 0.717) is 5.75 Å². The molecule has 2 aromatic carbocycles. The highest BCUT2D eigenvalue weighted by molar-refractivity contribution is 8.00. The summed E-state index contributed by atoms with van der Waals surface area (Å²) in [6.45, 7) is 11.9. The van der Waals surface area contributed by atoms with Crippen molar-refractivity contribution >= 4 is 29.0 Å². The van der Waals surface area contributed by atoms with E-state index in [2.05, 4.69) is 56.1 Å². The molecule has 1 fully saturated rings. The first kappa shape index (κ1) is 19.8. The van der Waals surface area contributed by atoms with Crippen molar-refractivity contribution in [3.05, 3.63) is 52.6 Å². The van der Waals surface area contributed by atoms with Gasteiger partial charge in [-0.15, -0.1) is 11.8 Å². The molecule has 144 valence electrons. The first-order chi connectivity index (χ1) is 13.0. The molecule has 0 unspecified atom stereocenters. The molecule has 0 bridgehead atoms. The zero-order chi connectivity index (χ0) is 19.4. The van der Waals surface area contributed by atoms with E-state index >= 15 is 0 Å². The molecule has 1 amide bonds. The highest BCUT2D eigenvalue weighted by Crippen LogP contribution is 2.31. The van der Waals surface area contributed by atoms with Crippen LogP contribution < -0.4 is 10.2 Å². The van der Waals surface area contributed by atoms with Crippen molar-refractivity contribution in [3.63, 3.8) is 0 Å². The lowest BCUT2D eigenvalue weighted by Gasteiger charge is -2.28. The van der Waals surface area contributed by atoms with Crippen molar-refractivity contribution < 1.29 is 9.53 Å². The van der Waals surface area contributed by atoms with Gasteiger partial charge in [-0.1, -0.05) is 6.07 Å². The Balaban J connectivity index is 1.58. The van der Waals surface area contributed by atoms with E-state index in [1.165, 1.54) is 32.8 Å². The molecule has 1 aliphatic heterocycles. The number of nitrogens with zero attached hydrogens (tertiary/aromatic N) is 1. The summed E-state index contributed by atoms with van der Waals surface area (Å²) in [5, 5.41) is 3.01. The topological polar surface area (TPSA) is 41.6 Å². The Hall–Kier alpha value is -1.98. The van der Waals surface area contributed by atoms with Crippen LogP contribution in [0.5, 0.6) is 0 Å². The molecule has 1 saturated heterocycles. The summed E-state index contributed by atoms with van der Waals surface area (Å²) >= 11 is 1.62. The van der Waals surface area contributed by atoms with Gasteiger partial charge >= 0.3 is 0 Å². The Morgan fingerprint density at radius 1 is 1.04 bits per heavy atom. The molecule has 0 spiro atoms. The molecule has 1 heterocycles. The van der Waals surface area contributed by atoms with Gasteiger partial charge in [0.25, 0.3) is 0 Å². The maximum absolute atomic E-state index is 12.4. The van der Waals surface area contributed by atoms with Gasteiger partial charge < -0.3 is 15.0 Å². The highest BCUT2D eigenvalue weighted by atomic mass is 32.2. The van der Waals surface area contributed by atoms with Crippen molar-refractivity contribution in [1.29, 1.82) is 0 Å². The number of nitrogens with one attached hydrogen (secondary N) is 1. The zero-order valence-electron chi connectivity index (χ0n) is 16.6. The Labute approximate surface area is 166 Å². The van der Waals surface area contributed by atoms with Crippen molar-refractivity contribution in [2.24, 2.45) is 0 Å². The fourth-order valence-corrected chi connectivity index (χ4v) is 4.41. The molecular weight excluding hydrogens is 356 g/mol. The third-order valence-corrected chi connectivity index (χ3v) is 6.48. The number of carbonyl (C=O) groups is 1. The normalized spacial score (nSPS) is 14.3. The number of ether oxygens (including phenoxy) is 1. The average molecular weight is 385 g/mol. The van der Waals surface area contributed by atoms with Gasteiger partial charge in [0, 0.05) is 29.4 Å². The third kappa shape index (κ3) is 4.85. The maximum atomic E-state index is 12.4. The summed E-state index contributed by atoms with van der Waals surface area (Å²) < 4.78 is 5.39. The number of benzene rings is 2. The quantitative estimate of drug-likeness (QED) is 0.772. The second-order valence-corrected chi connectivity index (χ2v) is 8.06. The Morgan fingerprint density at radius 3 is 2.22 bits per heavy atom. The van der Waals surface area contributed by atoms with Crippen molar-refractivity contribution in [1.82, 2.24) is 0 Å². The molecule has 0 aliphatic carbocycles. The van der Waals surface area contributed by atoms with Crippen LogP contribution in [0.4, 0.5) is 11.4 Å². The Bertz CT molecular complexity index is 786. The number of anilines is 2. The second-order valence-electron chi connectivity index (χ2n) is 7.07. The van der Waals surface area contributed by atoms with Gasteiger partial charge in [-0.25, -0.2) is 0 Å². The maximum Gasteiger partial charge on any atom is 0.234 e. The van der Waals surface area contributed by atoms with Gasteiger partial charge in [0.1, 0.15) is 0 Å². The first-order valence-electron chi connectivity index (χ1n) is 9.38. The second kappa shape index (κ2) is 8.81. The van der Waals surface area contributed by atoms with Crippen molar-refractivity contribution in [3.8, 4) is 0 Å². The zero-order valence-corrected chi connectivity index (χ0v) is 17.4. The van der Waals surface area contributed by atoms with E-state index in [0.717, 1.165) is 32.0 Å². The number of thioether (sulfide) groups is 1. The minimum absolute atomic E-state index is 0.0251. The lowest BCUT2D eigenvalue weighted by Crippen LogP contribution is -2.36. The molecule has 0 aromatic heterocycles. The average Bonchev–Trinajstić information content (AvgIpc) is 2.68. The van der Waals surface area contributed by atoms with E-state index in [1.807, 2.05) is 12.1 Å². The molecule has 5 heteroatoms. The standard InChI is InChI=1S/C22H28N2O2S/c1-15-13-16(2)18(4)22(17(15)3)27-14-21(25)23-19-5-7-20(8-6-19)24-9-11-26-12-10-24/h5-8,13H,9-12,14H2,1-4H3,(H,23,25). The Morgan fingerprint density at radius 2 is 1.63 bits per heavy atom. The van der Waals surface area contributed by atoms with Gasteiger partial charge in [-0.05, 0) is 74.2 Å². The third-order valence-electron chi connectivity index (χ3n) is 5.17. The van der Waals surface area contributed by atoms with Gasteiger partial charge in [0.2, 0.25) is 5.91 Å². The summed E-state index contributed by atoms with van der Waals surface area (Å²) in [5.74, 6) is 0.438. The van der Waals surface area contributed by atoms with E-state index in [9.17, 15) is 4.79 Å². The van der Waals surface area contributed by atoms with Crippen LogP contribution in [0, 0.1) is 27.7 Å². The van der Waals surface area contributed by atoms with E-state index in [-0.39, 0.29) is 5.91 Å². The van der Waals surface area contributed by atoms with E-state index in [1.54, 1.807) is 11.8 Å². The van der Waals surface area contributed by atoms with Crippen LogP contribution in [0.1, 0.15) is 22.3 Å². The lowest BCUT2D eigenvalue weighted by molar-refractivity contribution is -0.113. The molecule has 3 rings (SSSR count). The van der Waals surface area contributed by atoms with Gasteiger partial charge in [0.15, 0.2) is 0 Å². The number of morpholine rings is 1. The van der Waals surface area contributed by atoms with Crippen LogP contribution in [-0.4, -0.2) is 38.0 Å². The Kier molecular flexibility index (Phi) is 6.45. The summed E-state index contributed by atoms with van der Waals surface area (Å²) in [5.41, 5.74) is 7.11. The predicted octanol–water partition coefficient (Wildman–Crippen LogP) is 4.49. The first-order valence-corrected chi connectivity index (χ1v) is 10.4. The molecule has 0 atom stereocenters. The molecule has 1 N–H and O–H groups in total. The van der Waals surface area contributed by atoms with Crippen LogP contribution in [-0.2, 0) is 9.53 Å². The summed E-state index contributed by atoms with van der Waals surface area (Å²) in [7, 11) is 0. The van der Waals surface area contributed by atoms with Crippen LogP contribution in [0.3, 0.4) is 0 Å². The minimum atomic E-state index is 0.0251. The van der Waals surface area contributed by atoms with Crippen LogP contribution in [0.25, 0.3) is 0 Å². The van der Waals surface area contributed by atoms with Crippen LogP contribution >= 0.6 is 11.8 Å². The molecule has 0 saturated carbocycles. The summed E-state index contributed by atoms with van der Waals surface area (Å²) in [4.78, 5) is 15.9. The van der Waals surface area contributed by atoms with E-state index < -0.39 is 0 Å². The molecule has 0 radical (unpaired) electrons. The van der Waals surface area contributed by atoms with Crippen LogP contribution in [0.2, 0.25) is 0 Å². The molecule has 27 heavy (non-hydrogen) atoms. The van der Waals surface area contributed by atoms with E-state index in [4.69, 9.17) is 4.74 Å². The summed E-state index contributed by atoms with van der Waals surface area (Å²) in [6.07, 6.45) is 0.